The summed E-state index contributed by atoms with van der Waals surface area (Å²) >= 11 is 12.8. The first-order valence-electron chi connectivity index (χ1n) is 11.1. The molecule has 0 saturated carbocycles. The van der Waals surface area contributed by atoms with Crippen molar-refractivity contribution in [2.24, 2.45) is 0 Å². The van der Waals surface area contributed by atoms with Crippen LogP contribution in [0, 0.1) is 18.8 Å². The highest BCUT2D eigenvalue weighted by atomic mass is 35.5. The van der Waals surface area contributed by atoms with Gasteiger partial charge < -0.3 is 4.74 Å². The Morgan fingerprint density at radius 1 is 1.14 bits per heavy atom. The molecular formula is C26H24Cl2N6O2. The number of hydrogen-bond acceptors (Lipinski definition) is 5. The van der Waals surface area contributed by atoms with Gasteiger partial charge in [-0.1, -0.05) is 47.2 Å². The van der Waals surface area contributed by atoms with Crippen molar-refractivity contribution in [2.75, 3.05) is 5.32 Å². The maximum atomic E-state index is 12.5. The fourth-order valence-electron chi connectivity index (χ4n) is 3.43. The van der Waals surface area contributed by atoms with Gasteiger partial charge in [-0.15, -0.1) is 5.10 Å². The first-order valence-corrected chi connectivity index (χ1v) is 11.8. The Balaban J connectivity index is 1.71. The van der Waals surface area contributed by atoms with E-state index in [0.717, 1.165) is 22.4 Å². The van der Waals surface area contributed by atoms with Crippen molar-refractivity contribution in [2.45, 2.75) is 39.8 Å². The number of benzene rings is 2. The molecule has 0 aliphatic heterocycles. The quantitative estimate of drug-likeness (QED) is 0.325. The molecule has 0 aliphatic rings. The Bertz CT molecular complexity index is 1440. The zero-order valence-electron chi connectivity index (χ0n) is 20.2. The van der Waals surface area contributed by atoms with Crippen LogP contribution in [0.4, 0.5) is 10.6 Å². The van der Waals surface area contributed by atoms with Crippen LogP contribution >= 0.6 is 23.2 Å². The molecule has 0 fully saturated rings. The number of anilines is 1. The highest BCUT2D eigenvalue weighted by Crippen LogP contribution is 2.34. The van der Waals surface area contributed by atoms with Gasteiger partial charge in [0.15, 0.2) is 5.82 Å². The molecule has 2 aromatic heterocycles. The predicted molar refractivity (Wildman–Crippen MR) is 141 cm³/mol. The lowest BCUT2D eigenvalue weighted by atomic mass is 10.1. The summed E-state index contributed by atoms with van der Waals surface area (Å²) in [7, 11) is 0. The van der Waals surface area contributed by atoms with Crippen LogP contribution < -0.4 is 5.32 Å². The normalized spacial score (nSPS) is 11.1. The largest absolute Gasteiger partial charge is 0.444 e. The van der Waals surface area contributed by atoms with Gasteiger partial charge in [-0.25, -0.2) is 19.1 Å². The van der Waals surface area contributed by atoms with Crippen molar-refractivity contribution in [3.05, 3.63) is 76.3 Å². The molecule has 0 aliphatic carbocycles. The Morgan fingerprint density at radius 2 is 1.89 bits per heavy atom. The van der Waals surface area contributed by atoms with Gasteiger partial charge in [0.05, 0.1) is 16.4 Å². The van der Waals surface area contributed by atoms with Crippen molar-refractivity contribution in [3.8, 4) is 28.8 Å². The molecule has 1 N–H and O–H groups in total. The number of carbonyl (C=O) groups is 1. The number of rotatable bonds is 4. The van der Waals surface area contributed by atoms with Gasteiger partial charge in [0, 0.05) is 21.7 Å². The molecular weight excluding hydrogens is 499 g/mol. The fourth-order valence-corrected chi connectivity index (χ4v) is 3.82. The van der Waals surface area contributed by atoms with Crippen molar-refractivity contribution in [1.29, 1.82) is 0 Å². The van der Waals surface area contributed by atoms with Gasteiger partial charge in [0.1, 0.15) is 24.8 Å². The summed E-state index contributed by atoms with van der Waals surface area (Å²) in [5.74, 6) is 6.48. The second kappa shape index (κ2) is 10.4. The SMILES string of the molecule is Cc1c(NC(=O)OC(C)(C)C)nn(-c2ccc(C#CCn3cncn3)cc2Cl)c1-c1ccc(Cl)cc1. The molecule has 4 rings (SSSR count). The average Bonchev–Trinajstić information content (AvgIpc) is 3.42. The number of hydrogen-bond donors (Lipinski definition) is 1. The number of nitrogens with zero attached hydrogens (tertiary/aromatic N) is 5. The van der Waals surface area contributed by atoms with Crippen molar-refractivity contribution in [1.82, 2.24) is 24.5 Å². The van der Waals surface area contributed by atoms with E-state index < -0.39 is 11.7 Å². The number of amides is 1. The van der Waals surface area contributed by atoms with E-state index in [9.17, 15) is 4.79 Å². The summed E-state index contributed by atoms with van der Waals surface area (Å²) in [5.41, 5.74) is 3.08. The van der Waals surface area contributed by atoms with Gasteiger partial charge in [-0.2, -0.15) is 5.10 Å². The lowest BCUT2D eigenvalue weighted by molar-refractivity contribution is 0.0635. The van der Waals surface area contributed by atoms with E-state index in [4.69, 9.17) is 27.9 Å². The second-order valence-electron chi connectivity index (χ2n) is 8.93. The van der Waals surface area contributed by atoms with Crippen LogP contribution in [0.25, 0.3) is 16.9 Å². The van der Waals surface area contributed by atoms with E-state index in [1.165, 1.54) is 6.33 Å². The topological polar surface area (TPSA) is 86.9 Å². The van der Waals surface area contributed by atoms with Crippen molar-refractivity contribution in [3.63, 3.8) is 0 Å². The third-order valence-corrected chi connectivity index (χ3v) is 5.53. The minimum absolute atomic E-state index is 0.363. The lowest BCUT2D eigenvalue weighted by Crippen LogP contribution is -2.27. The van der Waals surface area contributed by atoms with Crippen LogP contribution in [-0.4, -0.2) is 36.2 Å². The highest BCUT2D eigenvalue weighted by molar-refractivity contribution is 6.32. The first kappa shape index (κ1) is 25.3. The number of halogens is 2. The van der Waals surface area contributed by atoms with Crippen molar-refractivity contribution >= 4 is 35.1 Å². The number of nitrogens with one attached hydrogen (secondary N) is 1. The second-order valence-corrected chi connectivity index (χ2v) is 9.77. The third kappa shape index (κ3) is 6.06. The maximum Gasteiger partial charge on any atom is 0.413 e. The van der Waals surface area contributed by atoms with Crippen LogP contribution in [0.15, 0.2) is 55.1 Å². The Kier molecular flexibility index (Phi) is 7.34. The van der Waals surface area contributed by atoms with Crippen LogP contribution in [0.2, 0.25) is 10.0 Å². The molecule has 0 unspecified atom stereocenters. The van der Waals surface area contributed by atoms with Crippen LogP contribution in [0.5, 0.6) is 0 Å². The smallest absolute Gasteiger partial charge is 0.413 e. The summed E-state index contributed by atoms with van der Waals surface area (Å²) in [4.78, 5) is 16.4. The number of ether oxygens (including phenoxy) is 1. The molecule has 8 nitrogen and oxygen atoms in total. The summed E-state index contributed by atoms with van der Waals surface area (Å²) < 4.78 is 8.74. The van der Waals surface area contributed by atoms with E-state index in [-0.39, 0.29) is 0 Å². The summed E-state index contributed by atoms with van der Waals surface area (Å²) in [5, 5.41) is 12.5. The van der Waals surface area contributed by atoms with E-state index in [1.807, 2.05) is 31.2 Å². The molecule has 10 heteroatoms. The fraction of sp³-hybridized carbons (Fsp3) is 0.231. The van der Waals surface area contributed by atoms with Gasteiger partial charge >= 0.3 is 6.09 Å². The van der Waals surface area contributed by atoms with Crippen LogP contribution in [0.3, 0.4) is 0 Å². The van der Waals surface area contributed by atoms with Gasteiger partial charge in [-0.3, -0.25) is 5.32 Å². The minimum atomic E-state index is -0.645. The summed E-state index contributed by atoms with van der Waals surface area (Å²) in [6.07, 6.45) is 2.47. The molecule has 184 valence electrons. The molecule has 0 radical (unpaired) electrons. The van der Waals surface area contributed by atoms with E-state index in [2.05, 4.69) is 32.3 Å². The third-order valence-electron chi connectivity index (χ3n) is 4.98. The van der Waals surface area contributed by atoms with Gasteiger partial charge in [0.25, 0.3) is 0 Å². The average molecular weight is 523 g/mol. The molecule has 4 aromatic rings. The number of aromatic nitrogens is 5. The summed E-state index contributed by atoms with van der Waals surface area (Å²) in [6, 6.07) is 12.8. The van der Waals surface area contributed by atoms with E-state index in [0.29, 0.717) is 28.1 Å². The molecule has 0 saturated heterocycles. The Morgan fingerprint density at radius 3 is 2.53 bits per heavy atom. The summed E-state index contributed by atoms with van der Waals surface area (Å²) in [6.45, 7) is 7.68. The Hall–Kier alpha value is -3.80. The first-order chi connectivity index (χ1) is 17.1. The maximum absolute atomic E-state index is 12.5. The zero-order valence-corrected chi connectivity index (χ0v) is 21.7. The van der Waals surface area contributed by atoms with Gasteiger partial charge in [-0.05, 0) is 58.0 Å². The van der Waals surface area contributed by atoms with E-state index >= 15 is 0 Å². The standard InChI is InChI=1S/C26H24Cl2N6O2/c1-17-23(19-8-10-20(27)11-9-19)34(32-24(17)31-25(35)36-26(2,3)4)22-12-7-18(14-21(22)28)6-5-13-33-16-29-15-30-33/h7-12,14-16H,13H2,1-4H3,(H,31,32,35). The highest BCUT2D eigenvalue weighted by Gasteiger charge is 2.23. The molecule has 2 heterocycles. The molecule has 0 spiro atoms. The van der Waals surface area contributed by atoms with E-state index in [1.54, 1.807) is 54.7 Å². The minimum Gasteiger partial charge on any atom is -0.444 e. The molecule has 2 aromatic carbocycles. The van der Waals surface area contributed by atoms with Crippen molar-refractivity contribution < 1.29 is 9.53 Å². The monoisotopic (exact) mass is 522 g/mol. The van der Waals surface area contributed by atoms with Crippen LogP contribution in [0.1, 0.15) is 31.9 Å². The Labute approximate surface area is 219 Å². The predicted octanol–water partition coefficient (Wildman–Crippen LogP) is 6.14. The molecule has 36 heavy (non-hydrogen) atoms. The molecule has 0 bridgehead atoms. The molecule has 1 amide bonds. The lowest BCUT2D eigenvalue weighted by Gasteiger charge is -2.19. The van der Waals surface area contributed by atoms with Crippen LogP contribution in [-0.2, 0) is 11.3 Å². The van der Waals surface area contributed by atoms with Gasteiger partial charge in [0.2, 0.25) is 0 Å². The molecule has 0 atom stereocenters. The number of carbonyl (C=O) groups excluding carboxylic acids is 1. The zero-order chi connectivity index (χ0) is 25.9.